The quantitative estimate of drug-likeness (QED) is 0.921. The Kier molecular flexibility index (Phi) is 4.04. The molecule has 0 bridgehead atoms. The molecule has 0 aliphatic carbocycles. The number of nitrogens with two attached hydrogens (primary N) is 1. The van der Waals surface area contributed by atoms with Gasteiger partial charge in [-0.2, -0.15) is 5.10 Å². The highest BCUT2D eigenvalue weighted by Crippen LogP contribution is 2.21. The molecule has 1 aromatic heterocycles. The van der Waals surface area contributed by atoms with Gasteiger partial charge in [0.25, 0.3) is 0 Å². The molecule has 0 fully saturated rings. The third-order valence-electron chi connectivity index (χ3n) is 3.06. The highest BCUT2D eigenvalue weighted by Gasteiger charge is 2.08. The summed E-state index contributed by atoms with van der Waals surface area (Å²) >= 11 is 6.19. The first kappa shape index (κ1) is 13.1. The summed E-state index contributed by atoms with van der Waals surface area (Å²) in [6.07, 6.45) is 1.89. The fourth-order valence-corrected chi connectivity index (χ4v) is 2.21. The number of aryl methyl sites for hydroxylation is 2. The smallest absolute Gasteiger partial charge is 0.0663 e. The minimum Gasteiger partial charge on any atom is -0.326 e. The van der Waals surface area contributed by atoms with Gasteiger partial charge in [-0.05, 0) is 36.6 Å². The van der Waals surface area contributed by atoms with E-state index in [1.54, 1.807) is 0 Å². The minimum atomic E-state index is 0.457. The van der Waals surface area contributed by atoms with Crippen molar-refractivity contribution in [1.29, 1.82) is 0 Å². The van der Waals surface area contributed by atoms with E-state index in [-0.39, 0.29) is 0 Å². The molecule has 0 amide bonds. The van der Waals surface area contributed by atoms with Gasteiger partial charge in [0, 0.05) is 17.3 Å². The molecule has 0 unspecified atom stereocenters. The van der Waals surface area contributed by atoms with Gasteiger partial charge in [-0.1, -0.05) is 31.5 Å². The largest absolute Gasteiger partial charge is 0.326 e. The van der Waals surface area contributed by atoms with E-state index in [9.17, 15) is 0 Å². The zero-order valence-corrected chi connectivity index (χ0v) is 11.5. The first-order chi connectivity index (χ1) is 8.69. The van der Waals surface area contributed by atoms with E-state index in [1.165, 1.54) is 5.69 Å². The van der Waals surface area contributed by atoms with E-state index in [2.05, 4.69) is 25.0 Å². The molecule has 18 heavy (non-hydrogen) atoms. The Bertz CT molecular complexity index is 546. The van der Waals surface area contributed by atoms with E-state index in [0.717, 1.165) is 29.8 Å². The highest BCUT2D eigenvalue weighted by atomic mass is 35.5. The summed E-state index contributed by atoms with van der Waals surface area (Å²) < 4.78 is 1.96. The molecule has 1 heterocycles. The molecule has 0 spiro atoms. The summed E-state index contributed by atoms with van der Waals surface area (Å²) in [6.45, 7) is 4.69. The molecule has 4 heteroatoms. The number of rotatable bonds is 4. The summed E-state index contributed by atoms with van der Waals surface area (Å²) in [4.78, 5) is 0. The van der Waals surface area contributed by atoms with E-state index in [1.807, 2.05) is 22.9 Å². The van der Waals surface area contributed by atoms with Crippen LogP contribution in [0.15, 0.2) is 24.3 Å². The van der Waals surface area contributed by atoms with Crippen molar-refractivity contribution in [3.8, 4) is 5.69 Å². The van der Waals surface area contributed by atoms with E-state index >= 15 is 0 Å². The number of benzene rings is 1. The van der Waals surface area contributed by atoms with Crippen LogP contribution in [0.1, 0.15) is 30.8 Å². The number of hydrogen-bond donors (Lipinski definition) is 1. The van der Waals surface area contributed by atoms with Crippen molar-refractivity contribution in [3.05, 3.63) is 46.2 Å². The zero-order chi connectivity index (χ0) is 13.1. The van der Waals surface area contributed by atoms with Gasteiger partial charge in [0.1, 0.15) is 0 Å². The number of nitrogens with zero attached hydrogens (tertiary/aromatic N) is 2. The molecule has 0 aliphatic rings. The van der Waals surface area contributed by atoms with Crippen LogP contribution in [-0.4, -0.2) is 9.78 Å². The predicted octanol–water partition coefficient (Wildman–Crippen LogP) is 3.11. The van der Waals surface area contributed by atoms with Crippen LogP contribution >= 0.6 is 11.6 Å². The normalized spacial score (nSPS) is 10.9. The second-order valence-corrected chi connectivity index (χ2v) is 4.63. The molecule has 96 valence electrons. The average molecular weight is 264 g/mol. The second kappa shape index (κ2) is 5.55. The van der Waals surface area contributed by atoms with Crippen LogP contribution in [0.4, 0.5) is 0 Å². The van der Waals surface area contributed by atoms with Crippen LogP contribution in [-0.2, 0) is 19.4 Å². The Morgan fingerprint density at radius 1 is 1.22 bits per heavy atom. The van der Waals surface area contributed by atoms with Crippen molar-refractivity contribution >= 4 is 11.6 Å². The SMILES string of the molecule is CCc1cc(CC)n(-c2ccc(CN)c(Cl)c2)n1. The van der Waals surface area contributed by atoms with Crippen LogP contribution in [0.2, 0.25) is 5.02 Å². The molecule has 0 radical (unpaired) electrons. The van der Waals surface area contributed by atoms with Gasteiger partial charge >= 0.3 is 0 Å². The third kappa shape index (κ3) is 2.42. The van der Waals surface area contributed by atoms with Gasteiger partial charge in [0.2, 0.25) is 0 Å². The summed E-state index contributed by atoms with van der Waals surface area (Å²) in [6, 6.07) is 8.05. The van der Waals surface area contributed by atoms with Crippen molar-refractivity contribution in [2.45, 2.75) is 33.2 Å². The average Bonchev–Trinajstić information content (AvgIpc) is 2.82. The Labute approximate surface area is 113 Å². The van der Waals surface area contributed by atoms with Crippen molar-refractivity contribution in [1.82, 2.24) is 9.78 Å². The number of aromatic nitrogens is 2. The van der Waals surface area contributed by atoms with Gasteiger partial charge < -0.3 is 5.73 Å². The number of halogens is 1. The van der Waals surface area contributed by atoms with Gasteiger partial charge in [-0.15, -0.1) is 0 Å². The lowest BCUT2D eigenvalue weighted by Crippen LogP contribution is -2.03. The second-order valence-electron chi connectivity index (χ2n) is 4.23. The van der Waals surface area contributed by atoms with Crippen LogP contribution < -0.4 is 5.73 Å². The lowest BCUT2D eigenvalue weighted by Gasteiger charge is -2.08. The summed E-state index contributed by atoms with van der Waals surface area (Å²) in [5, 5.41) is 5.29. The molecule has 3 nitrogen and oxygen atoms in total. The van der Waals surface area contributed by atoms with Crippen LogP contribution in [0.25, 0.3) is 5.69 Å². The van der Waals surface area contributed by atoms with Gasteiger partial charge in [0.05, 0.1) is 11.4 Å². The fraction of sp³-hybridized carbons (Fsp3) is 0.357. The monoisotopic (exact) mass is 263 g/mol. The predicted molar refractivity (Wildman–Crippen MR) is 75.2 cm³/mol. The minimum absolute atomic E-state index is 0.457. The molecule has 1 aromatic carbocycles. The zero-order valence-electron chi connectivity index (χ0n) is 10.8. The Balaban J connectivity index is 2.47. The van der Waals surface area contributed by atoms with Crippen molar-refractivity contribution in [3.63, 3.8) is 0 Å². The molecule has 0 aliphatic heterocycles. The van der Waals surface area contributed by atoms with Crippen LogP contribution in [0.5, 0.6) is 0 Å². The molecular formula is C14H18ClN3. The molecule has 0 atom stereocenters. The van der Waals surface area contributed by atoms with Crippen molar-refractivity contribution in [2.24, 2.45) is 5.73 Å². The van der Waals surface area contributed by atoms with Crippen molar-refractivity contribution < 1.29 is 0 Å². The Morgan fingerprint density at radius 2 is 2.00 bits per heavy atom. The highest BCUT2D eigenvalue weighted by molar-refractivity contribution is 6.31. The number of hydrogen-bond acceptors (Lipinski definition) is 2. The van der Waals surface area contributed by atoms with Crippen LogP contribution in [0, 0.1) is 0 Å². The first-order valence-electron chi connectivity index (χ1n) is 6.26. The summed E-state index contributed by atoms with van der Waals surface area (Å²) in [5.74, 6) is 0. The van der Waals surface area contributed by atoms with E-state index in [0.29, 0.717) is 11.6 Å². The van der Waals surface area contributed by atoms with Crippen LogP contribution in [0.3, 0.4) is 0 Å². The maximum Gasteiger partial charge on any atom is 0.0663 e. The first-order valence-corrected chi connectivity index (χ1v) is 6.64. The van der Waals surface area contributed by atoms with Gasteiger partial charge in [0.15, 0.2) is 0 Å². The maximum absolute atomic E-state index is 6.19. The Hall–Kier alpha value is -1.32. The third-order valence-corrected chi connectivity index (χ3v) is 3.41. The topological polar surface area (TPSA) is 43.8 Å². The lowest BCUT2D eigenvalue weighted by atomic mass is 10.2. The van der Waals surface area contributed by atoms with E-state index in [4.69, 9.17) is 17.3 Å². The molecular weight excluding hydrogens is 246 g/mol. The van der Waals surface area contributed by atoms with Gasteiger partial charge in [-0.25, -0.2) is 4.68 Å². The fourth-order valence-electron chi connectivity index (χ4n) is 1.96. The molecule has 2 N–H and O–H groups in total. The standard InChI is InChI=1S/C14H18ClN3/c1-3-11-7-12(4-2)18(17-11)13-6-5-10(9-16)14(15)8-13/h5-8H,3-4,9,16H2,1-2H3. The summed E-state index contributed by atoms with van der Waals surface area (Å²) in [5.41, 5.74) is 9.87. The lowest BCUT2D eigenvalue weighted by molar-refractivity contribution is 0.793. The molecule has 0 saturated carbocycles. The molecule has 2 aromatic rings. The maximum atomic E-state index is 6.19. The van der Waals surface area contributed by atoms with Crippen molar-refractivity contribution in [2.75, 3.05) is 0 Å². The van der Waals surface area contributed by atoms with E-state index < -0.39 is 0 Å². The van der Waals surface area contributed by atoms with Gasteiger partial charge in [-0.3, -0.25) is 0 Å². The Morgan fingerprint density at radius 3 is 2.56 bits per heavy atom. The summed E-state index contributed by atoms with van der Waals surface area (Å²) in [7, 11) is 0. The molecule has 0 saturated heterocycles. The molecule has 2 rings (SSSR count).